The second-order valence-electron chi connectivity index (χ2n) is 6.45. The number of rotatable bonds is 17. The Balaban J connectivity index is 3.45. The van der Waals surface area contributed by atoms with Crippen LogP contribution in [0.1, 0.15) is 71.1 Å². The summed E-state index contributed by atoms with van der Waals surface area (Å²) in [4.78, 5) is 11.1. The first kappa shape index (κ1) is 25.4. The van der Waals surface area contributed by atoms with Gasteiger partial charge in [0.1, 0.15) is 0 Å². The lowest BCUT2D eigenvalue weighted by molar-refractivity contribution is -0.155. The average Bonchev–Trinajstić information content (AvgIpc) is 2.68. The minimum Gasteiger partial charge on any atom is -0.464 e. The van der Waals surface area contributed by atoms with E-state index in [0.717, 1.165) is 38.5 Å². The molecule has 0 saturated heterocycles. The Labute approximate surface area is 165 Å². The molecule has 0 rings (SSSR count). The van der Waals surface area contributed by atoms with Crippen LogP contribution in [0.4, 0.5) is 0 Å². The Morgan fingerprint density at radius 1 is 0.815 bits per heavy atom. The number of ether oxygens (including phenoxy) is 1. The van der Waals surface area contributed by atoms with Crippen LogP contribution in [0.3, 0.4) is 0 Å². The Kier molecular flexibility index (Phi) is 19.4. The highest BCUT2D eigenvalue weighted by molar-refractivity contribution is 5.74. The fourth-order valence-electron chi connectivity index (χ4n) is 2.27. The lowest BCUT2D eigenvalue weighted by atomic mass is 10.2. The van der Waals surface area contributed by atoms with Gasteiger partial charge >= 0.3 is 5.97 Å². The molecule has 0 aliphatic carbocycles. The Morgan fingerprint density at radius 2 is 1.30 bits per heavy atom. The topological polar surface area (TPSA) is 66.8 Å². The van der Waals surface area contributed by atoms with Gasteiger partial charge in [-0.25, -0.2) is 4.79 Å². The molecule has 0 amide bonds. The van der Waals surface area contributed by atoms with Crippen molar-refractivity contribution >= 4 is 5.97 Å². The molecule has 0 unspecified atom stereocenters. The van der Waals surface area contributed by atoms with E-state index in [1.165, 1.54) is 25.7 Å². The third kappa shape index (κ3) is 18.9. The summed E-state index contributed by atoms with van der Waals surface area (Å²) in [6.07, 6.45) is 26.8. The molecular weight excluding hydrogens is 340 g/mol. The summed E-state index contributed by atoms with van der Waals surface area (Å²) in [5.74, 6) is -0.754. The van der Waals surface area contributed by atoms with Crippen LogP contribution < -0.4 is 0 Å². The molecule has 0 radical (unpaired) electrons. The monoisotopic (exact) mass is 378 g/mol. The van der Waals surface area contributed by atoms with Gasteiger partial charge in [0.25, 0.3) is 0 Å². The van der Waals surface area contributed by atoms with Gasteiger partial charge in [0.2, 0.25) is 0 Å². The van der Waals surface area contributed by atoms with Crippen molar-refractivity contribution in [2.45, 2.75) is 77.2 Å². The lowest BCUT2D eigenvalue weighted by Crippen LogP contribution is -2.26. The molecule has 0 aromatic heterocycles. The summed E-state index contributed by atoms with van der Waals surface area (Å²) in [5, 5.41) is 17.6. The molecule has 1 atom stereocenters. The van der Waals surface area contributed by atoms with Crippen LogP contribution in [0.25, 0.3) is 0 Å². The van der Waals surface area contributed by atoms with Crippen LogP contribution in [-0.4, -0.2) is 35.5 Å². The van der Waals surface area contributed by atoms with Crippen molar-refractivity contribution in [3.05, 3.63) is 48.6 Å². The normalized spacial score (nSPS) is 13.4. The van der Waals surface area contributed by atoms with Gasteiger partial charge in [-0.3, -0.25) is 0 Å². The number of unbranched alkanes of at least 4 members (excludes halogenated alkanes) is 5. The molecule has 4 nitrogen and oxygen atoms in total. The molecule has 0 aliphatic heterocycles. The number of hydrogen-bond donors (Lipinski definition) is 2. The van der Waals surface area contributed by atoms with Gasteiger partial charge in [0.15, 0.2) is 6.10 Å². The molecule has 0 aliphatic rings. The average molecular weight is 379 g/mol. The smallest absolute Gasteiger partial charge is 0.337 e. The summed E-state index contributed by atoms with van der Waals surface area (Å²) < 4.78 is 4.83. The van der Waals surface area contributed by atoms with Gasteiger partial charge in [-0.2, -0.15) is 0 Å². The van der Waals surface area contributed by atoms with Crippen molar-refractivity contribution in [2.24, 2.45) is 0 Å². The molecule has 0 aromatic carbocycles. The van der Waals surface area contributed by atoms with E-state index in [4.69, 9.17) is 14.9 Å². The fraction of sp³-hybridized carbons (Fsp3) is 0.609. The van der Waals surface area contributed by atoms with Crippen molar-refractivity contribution in [3.63, 3.8) is 0 Å². The minimum atomic E-state index is -1.42. The number of hydrogen-bond acceptors (Lipinski definition) is 4. The maximum absolute atomic E-state index is 11.1. The van der Waals surface area contributed by atoms with Crippen LogP contribution in [0.15, 0.2) is 48.6 Å². The summed E-state index contributed by atoms with van der Waals surface area (Å²) >= 11 is 0. The van der Waals surface area contributed by atoms with Crippen molar-refractivity contribution in [1.82, 2.24) is 0 Å². The molecule has 0 bridgehead atoms. The highest BCUT2D eigenvalue weighted by atomic mass is 16.5. The predicted octanol–water partition coefficient (Wildman–Crippen LogP) is 5.03. The van der Waals surface area contributed by atoms with Gasteiger partial charge < -0.3 is 14.9 Å². The predicted molar refractivity (Wildman–Crippen MR) is 112 cm³/mol. The Hall–Kier alpha value is -1.65. The quantitative estimate of drug-likeness (QED) is 0.212. The van der Waals surface area contributed by atoms with Gasteiger partial charge in [-0.15, -0.1) is 0 Å². The van der Waals surface area contributed by atoms with E-state index in [9.17, 15) is 4.79 Å². The first-order chi connectivity index (χ1) is 13.2. The molecule has 0 saturated carbocycles. The van der Waals surface area contributed by atoms with E-state index in [1.807, 2.05) is 0 Å². The third-order valence-electron chi connectivity index (χ3n) is 3.91. The van der Waals surface area contributed by atoms with Gasteiger partial charge in [0.05, 0.1) is 13.2 Å². The molecule has 0 spiro atoms. The molecule has 0 aromatic rings. The van der Waals surface area contributed by atoms with Crippen LogP contribution in [0, 0.1) is 0 Å². The highest BCUT2D eigenvalue weighted by Crippen LogP contribution is 2.02. The highest BCUT2D eigenvalue weighted by Gasteiger charge is 2.14. The minimum absolute atomic E-state index is 0.282. The molecule has 0 heterocycles. The zero-order chi connectivity index (χ0) is 20.0. The van der Waals surface area contributed by atoms with Crippen LogP contribution in [0.5, 0.6) is 0 Å². The van der Waals surface area contributed by atoms with Gasteiger partial charge in [-0.1, -0.05) is 68.4 Å². The van der Waals surface area contributed by atoms with Crippen LogP contribution in [0.2, 0.25) is 0 Å². The van der Waals surface area contributed by atoms with E-state index in [0.29, 0.717) is 0 Å². The molecule has 154 valence electrons. The van der Waals surface area contributed by atoms with Crippen molar-refractivity contribution < 1.29 is 19.7 Å². The summed E-state index contributed by atoms with van der Waals surface area (Å²) in [7, 11) is 0. The van der Waals surface area contributed by atoms with Crippen LogP contribution >= 0.6 is 0 Å². The molecule has 2 N–H and O–H groups in total. The van der Waals surface area contributed by atoms with Crippen molar-refractivity contribution in [1.29, 1.82) is 0 Å². The zero-order valence-electron chi connectivity index (χ0n) is 16.9. The summed E-state index contributed by atoms with van der Waals surface area (Å²) in [5.41, 5.74) is 0. The Bertz CT molecular complexity index is 449. The van der Waals surface area contributed by atoms with E-state index >= 15 is 0 Å². The second-order valence-corrected chi connectivity index (χ2v) is 6.45. The number of aliphatic hydroxyl groups excluding tert-OH is 2. The molecule has 4 heteroatoms. The number of esters is 1. The van der Waals surface area contributed by atoms with Crippen molar-refractivity contribution in [3.8, 4) is 0 Å². The maximum atomic E-state index is 11.1. The van der Waals surface area contributed by atoms with Gasteiger partial charge in [-0.05, 0) is 51.4 Å². The second kappa shape index (κ2) is 20.7. The lowest BCUT2D eigenvalue weighted by Gasteiger charge is -2.07. The molecular formula is C23H38O4. The number of carbonyl (C=O) groups excluding carboxylic acids is 1. The van der Waals surface area contributed by atoms with E-state index in [1.54, 1.807) is 0 Å². The number of allylic oxidation sites excluding steroid dienone is 8. The largest absolute Gasteiger partial charge is 0.464 e. The summed E-state index contributed by atoms with van der Waals surface area (Å²) in [6, 6.07) is 0. The number of carbonyl (C=O) groups is 1. The fourth-order valence-corrected chi connectivity index (χ4v) is 2.27. The maximum Gasteiger partial charge on any atom is 0.337 e. The third-order valence-corrected chi connectivity index (χ3v) is 3.91. The standard InChI is InChI=1S/C23H38O4/c1-2-3-4-5-6-7-8-9-10-11-12-13-14-15-16-17-18-19-20-27-23(26)22(25)21-24/h6-7,9-10,12-13,15-16,22,24-25H,2-5,8,11,14,17-21H2,1H3/b7-6-,10-9-,13-12-,16-15-/t22-/m0/s1. The van der Waals surface area contributed by atoms with Crippen LogP contribution in [-0.2, 0) is 9.53 Å². The Morgan fingerprint density at radius 3 is 1.78 bits per heavy atom. The first-order valence-electron chi connectivity index (χ1n) is 10.3. The van der Waals surface area contributed by atoms with Gasteiger partial charge in [0, 0.05) is 0 Å². The van der Waals surface area contributed by atoms with E-state index in [2.05, 4.69) is 55.5 Å². The zero-order valence-corrected chi connectivity index (χ0v) is 16.9. The summed E-state index contributed by atoms with van der Waals surface area (Å²) in [6.45, 7) is 1.91. The van der Waals surface area contributed by atoms with Crippen molar-refractivity contribution in [2.75, 3.05) is 13.2 Å². The molecule has 0 fully saturated rings. The molecule has 27 heavy (non-hydrogen) atoms. The SMILES string of the molecule is CCCCC/C=C\C/C=C\C/C=C\C/C=C\CCCCOC(=O)[C@@H](O)CO. The van der Waals surface area contributed by atoms with E-state index < -0.39 is 18.7 Å². The first-order valence-corrected chi connectivity index (χ1v) is 10.3. The number of aliphatic hydroxyl groups is 2. The van der Waals surface area contributed by atoms with E-state index in [-0.39, 0.29) is 6.61 Å².